The Kier molecular flexibility index (Phi) is 5.37. The number of hydrogen-bond donors (Lipinski definition) is 0. The van der Waals surface area contributed by atoms with Gasteiger partial charge in [0.05, 0.1) is 18.2 Å². The topological polar surface area (TPSA) is 59.5 Å². The number of nitrogens with zero attached hydrogens (tertiary/aromatic N) is 2. The second-order valence-electron chi connectivity index (χ2n) is 8.35. The summed E-state index contributed by atoms with van der Waals surface area (Å²) in [4.78, 5) is 31.1. The van der Waals surface area contributed by atoms with E-state index in [9.17, 15) is 9.59 Å². The van der Waals surface area contributed by atoms with Crippen LogP contribution in [0.15, 0.2) is 5.38 Å². The summed E-state index contributed by atoms with van der Waals surface area (Å²) >= 11 is 1.52. The molecule has 0 aliphatic carbocycles. The van der Waals surface area contributed by atoms with Crippen LogP contribution < -0.4 is 0 Å². The van der Waals surface area contributed by atoms with Crippen LogP contribution in [0.1, 0.15) is 65.1 Å². The molecule has 1 amide bonds. The minimum Gasteiger partial charge on any atom is -0.444 e. The van der Waals surface area contributed by atoms with Crippen molar-refractivity contribution in [2.45, 2.75) is 77.9 Å². The third-order valence-electron chi connectivity index (χ3n) is 3.90. The van der Waals surface area contributed by atoms with Crippen LogP contribution in [0.2, 0.25) is 0 Å². The first-order chi connectivity index (χ1) is 11.0. The second kappa shape index (κ2) is 6.82. The molecule has 0 bridgehead atoms. The van der Waals surface area contributed by atoms with E-state index in [2.05, 4.69) is 25.8 Å². The second-order valence-corrected chi connectivity index (χ2v) is 9.29. The number of amides is 1. The Balaban J connectivity index is 2.03. The van der Waals surface area contributed by atoms with Crippen LogP contribution in [-0.4, -0.2) is 39.9 Å². The van der Waals surface area contributed by atoms with Gasteiger partial charge in [0.1, 0.15) is 10.6 Å². The molecule has 0 radical (unpaired) electrons. The molecule has 134 valence electrons. The van der Waals surface area contributed by atoms with Gasteiger partial charge in [-0.2, -0.15) is 0 Å². The number of likely N-dealkylation sites (tertiary alicyclic amines) is 1. The van der Waals surface area contributed by atoms with Gasteiger partial charge in [0.15, 0.2) is 5.78 Å². The maximum Gasteiger partial charge on any atom is 0.410 e. The highest BCUT2D eigenvalue weighted by Crippen LogP contribution is 2.26. The molecule has 0 N–H and O–H groups in total. The molecular weight excluding hydrogens is 324 g/mol. The van der Waals surface area contributed by atoms with E-state index in [1.54, 1.807) is 4.90 Å². The first-order valence-corrected chi connectivity index (χ1v) is 9.32. The summed E-state index contributed by atoms with van der Waals surface area (Å²) in [5, 5.41) is 2.84. The number of carbonyl (C=O) groups is 2. The molecule has 0 aromatic carbocycles. The van der Waals surface area contributed by atoms with E-state index in [1.807, 2.05) is 26.2 Å². The van der Waals surface area contributed by atoms with Crippen molar-refractivity contribution >= 4 is 23.2 Å². The summed E-state index contributed by atoms with van der Waals surface area (Å²) in [7, 11) is 0. The number of aromatic nitrogens is 1. The van der Waals surface area contributed by atoms with Gasteiger partial charge in [-0.15, -0.1) is 11.3 Å². The van der Waals surface area contributed by atoms with Crippen LogP contribution in [0.4, 0.5) is 4.79 Å². The van der Waals surface area contributed by atoms with Crippen LogP contribution in [0.25, 0.3) is 0 Å². The molecule has 2 rings (SSSR count). The van der Waals surface area contributed by atoms with Gasteiger partial charge in [-0.25, -0.2) is 9.78 Å². The van der Waals surface area contributed by atoms with Crippen molar-refractivity contribution in [2.75, 3.05) is 6.54 Å². The maximum absolute atomic E-state index is 12.7. The van der Waals surface area contributed by atoms with Gasteiger partial charge in [-0.3, -0.25) is 9.69 Å². The quantitative estimate of drug-likeness (QED) is 0.826. The molecule has 1 fully saturated rings. The van der Waals surface area contributed by atoms with E-state index in [0.717, 1.165) is 17.1 Å². The number of hydrogen-bond acceptors (Lipinski definition) is 5. The first kappa shape index (κ1) is 18.9. The molecule has 5 nitrogen and oxygen atoms in total. The predicted molar refractivity (Wildman–Crippen MR) is 95.5 cm³/mol. The van der Waals surface area contributed by atoms with E-state index >= 15 is 0 Å². The first-order valence-electron chi connectivity index (χ1n) is 8.44. The zero-order chi connectivity index (χ0) is 18.1. The SMILES string of the molecule is CC(C)(C)OC(=O)N1CCC[C@H]1C(=O)Cc1nc(C(C)(C)C)cs1. The van der Waals surface area contributed by atoms with E-state index in [-0.39, 0.29) is 23.7 Å². The van der Waals surface area contributed by atoms with Gasteiger partial charge >= 0.3 is 6.09 Å². The molecular formula is C18H28N2O3S. The Bertz CT molecular complexity index is 611. The summed E-state index contributed by atoms with van der Waals surface area (Å²) in [5.41, 5.74) is 0.434. The summed E-state index contributed by atoms with van der Waals surface area (Å²) in [5.74, 6) is 0.0492. The molecule has 0 spiro atoms. The number of ether oxygens (including phenoxy) is 1. The Morgan fingerprint density at radius 1 is 1.29 bits per heavy atom. The highest BCUT2D eigenvalue weighted by atomic mass is 32.1. The van der Waals surface area contributed by atoms with E-state index < -0.39 is 11.7 Å². The van der Waals surface area contributed by atoms with Crippen molar-refractivity contribution in [1.29, 1.82) is 0 Å². The van der Waals surface area contributed by atoms with E-state index in [0.29, 0.717) is 13.0 Å². The Hall–Kier alpha value is -1.43. The third kappa shape index (κ3) is 4.79. The normalized spacial score (nSPS) is 18.8. The highest BCUT2D eigenvalue weighted by molar-refractivity contribution is 7.09. The van der Waals surface area contributed by atoms with E-state index in [4.69, 9.17) is 4.74 Å². The lowest BCUT2D eigenvalue weighted by Crippen LogP contribution is -2.43. The van der Waals surface area contributed by atoms with Crippen LogP contribution >= 0.6 is 11.3 Å². The van der Waals surface area contributed by atoms with Gasteiger partial charge in [0.2, 0.25) is 0 Å². The molecule has 1 aromatic heterocycles. The van der Waals surface area contributed by atoms with Crippen molar-refractivity contribution in [3.8, 4) is 0 Å². The molecule has 1 aliphatic heterocycles. The highest BCUT2D eigenvalue weighted by Gasteiger charge is 2.36. The van der Waals surface area contributed by atoms with E-state index in [1.165, 1.54) is 11.3 Å². The lowest BCUT2D eigenvalue weighted by molar-refractivity contribution is -0.122. The zero-order valence-corrected chi connectivity index (χ0v) is 16.3. The number of Topliss-reactive ketones (excluding diaryl/α,β-unsaturated/α-hetero) is 1. The van der Waals surface area contributed by atoms with Crippen LogP contribution in [0, 0.1) is 0 Å². The molecule has 2 heterocycles. The predicted octanol–water partition coefficient (Wildman–Crippen LogP) is 3.95. The maximum atomic E-state index is 12.7. The Morgan fingerprint density at radius 2 is 1.96 bits per heavy atom. The van der Waals surface area contributed by atoms with Crippen molar-refractivity contribution in [1.82, 2.24) is 9.88 Å². The molecule has 1 aliphatic rings. The Morgan fingerprint density at radius 3 is 2.50 bits per heavy atom. The molecule has 1 aromatic rings. The Labute approximate surface area is 148 Å². The number of ketones is 1. The van der Waals surface area contributed by atoms with Crippen LogP contribution in [0.3, 0.4) is 0 Å². The number of rotatable bonds is 3. The number of carbonyl (C=O) groups excluding carboxylic acids is 2. The lowest BCUT2D eigenvalue weighted by atomic mass is 9.93. The largest absolute Gasteiger partial charge is 0.444 e. The standard InChI is InChI=1S/C18H28N2O3S/c1-17(2,3)14-11-24-15(19-14)10-13(21)12-8-7-9-20(12)16(22)23-18(4,5)6/h11-12H,7-10H2,1-6H3/t12-/m0/s1. The molecule has 1 atom stereocenters. The number of thiazole rings is 1. The van der Waals surface area contributed by atoms with Crippen molar-refractivity contribution in [3.63, 3.8) is 0 Å². The smallest absolute Gasteiger partial charge is 0.410 e. The van der Waals surface area contributed by atoms with Gasteiger partial charge in [-0.05, 0) is 33.6 Å². The minimum absolute atomic E-state index is 0.0201. The minimum atomic E-state index is -0.551. The van der Waals surface area contributed by atoms with Crippen molar-refractivity contribution in [2.24, 2.45) is 0 Å². The monoisotopic (exact) mass is 352 g/mol. The molecule has 1 saturated heterocycles. The van der Waals surface area contributed by atoms with Crippen molar-refractivity contribution < 1.29 is 14.3 Å². The fourth-order valence-corrected chi connectivity index (χ4v) is 3.67. The fraction of sp³-hybridized carbons (Fsp3) is 0.722. The van der Waals surface area contributed by atoms with Gasteiger partial charge in [0.25, 0.3) is 0 Å². The molecule has 0 saturated carbocycles. The summed E-state index contributed by atoms with van der Waals surface area (Å²) in [6, 6.07) is -0.387. The fourth-order valence-electron chi connectivity index (χ4n) is 2.64. The zero-order valence-electron chi connectivity index (χ0n) is 15.5. The van der Waals surface area contributed by atoms with Gasteiger partial charge < -0.3 is 4.74 Å². The lowest BCUT2D eigenvalue weighted by Gasteiger charge is -2.27. The summed E-state index contributed by atoms with van der Waals surface area (Å²) < 4.78 is 5.42. The van der Waals surface area contributed by atoms with Crippen LogP contribution in [-0.2, 0) is 21.4 Å². The third-order valence-corrected chi connectivity index (χ3v) is 4.75. The van der Waals surface area contributed by atoms with Gasteiger partial charge in [0, 0.05) is 17.3 Å². The average molecular weight is 353 g/mol. The molecule has 6 heteroatoms. The molecule has 0 unspecified atom stereocenters. The van der Waals surface area contributed by atoms with Gasteiger partial charge in [-0.1, -0.05) is 20.8 Å². The summed E-state index contributed by atoms with van der Waals surface area (Å²) in [6.45, 7) is 12.4. The van der Waals surface area contributed by atoms with Crippen LogP contribution in [0.5, 0.6) is 0 Å². The van der Waals surface area contributed by atoms with Crippen molar-refractivity contribution in [3.05, 3.63) is 16.1 Å². The average Bonchev–Trinajstić information content (AvgIpc) is 3.03. The summed E-state index contributed by atoms with van der Waals surface area (Å²) in [6.07, 6.45) is 1.42. The molecule has 24 heavy (non-hydrogen) atoms.